The fourth-order valence-corrected chi connectivity index (χ4v) is 3.92. The third kappa shape index (κ3) is 3.31. The standard InChI is InChI=1S/C22H26ClNO3/c1-13(25)15-8-7-14(23)9-16(15)17-10-20(26)24(12-18(17)27-6)19-11-22(19,5)21(2,3)4/h7-10,12,19H,11H2,1-6H3. The second-order valence-corrected chi connectivity index (χ2v) is 9.07. The first-order valence-electron chi connectivity index (χ1n) is 9.10. The van der Waals surface area contributed by atoms with Crippen LogP contribution in [0.4, 0.5) is 0 Å². The minimum Gasteiger partial charge on any atom is -0.495 e. The minimum atomic E-state index is -0.0988. The van der Waals surface area contributed by atoms with Crippen LogP contribution in [0.3, 0.4) is 0 Å². The normalized spacial score (nSPS) is 21.8. The number of rotatable bonds is 4. The van der Waals surface area contributed by atoms with E-state index in [0.29, 0.717) is 27.5 Å². The molecule has 1 fully saturated rings. The zero-order valence-corrected chi connectivity index (χ0v) is 17.5. The van der Waals surface area contributed by atoms with Crippen LogP contribution < -0.4 is 10.3 Å². The number of pyridine rings is 1. The van der Waals surface area contributed by atoms with E-state index in [4.69, 9.17) is 16.3 Å². The van der Waals surface area contributed by atoms with Crippen LogP contribution in [0.15, 0.2) is 35.3 Å². The van der Waals surface area contributed by atoms with Crippen molar-refractivity contribution in [2.75, 3.05) is 7.11 Å². The van der Waals surface area contributed by atoms with Gasteiger partial charge in [0.2, 0.25) is 0 Å². The molecule has 144 valence electrons. The summed E-state index contributed by atoms with van der Waals surface area (Å²) in [5.41, 5.74) is 1.77. The van der Waals surface area contributed by atoms with E-state index in [2.05, 4.69) is 27.7 Å². The highest BCUT2D eigenvalue weighted by atomic mass is 35.5. The molecule has 27 heavy (non-hydrogen) atoms. The van der Waals surface area contributed by atoms with Gasteiger partial charge in [-0.05, 0) is 47.9 Å². The largest absolute Gasteiger partial charge is 0.495 e. The van der Waals surface area contributed by atoms with Crippen LogP contribution in [0, 0.1) is 10.8 Å². The van der Waals surface area contributed by atoms with E-state index in [1.54, 1.807) is 42.1 Å². The lowest BCUT2D eigenvalue weighted by Gasteiger charge is -2.29. The number of ketones is 1. The molecule has 1 saturated carbocycles. The Labute approximate surface area is 165 Å². The van der Waals surface area contributed by atoms with E-state index in [0.717, 1.165) is 6.42 Å². The third-order valence-electron chi connectivity index (χ3n) is 6.16. The van der Waals surface area contributed by atoms with E-state index < -0.39 is 0 Å². The highest BCUT2D eigenvalue weighted by molar-refractivity contribution is 6.31. The third-order valence-corrected chi connectivity index (χ3v) is 6.39. The summed E-state index contributed by atoms with van der Waals surface area (Å²) in [7, 11) is 1.57. The smallest absolute Gasteiger partial charge is 0.251 e. The van der Waals surface area contributed by atoms with Crippen LogP contribution in [0.2, 0.25) is 5.02 Å². The number of Topliss-reactive ketones (excluding diaryl/α,β-unsaturated/α-hetero) is 1. The molecule has 0 spiro atoms. The van der Waals surface area contributed by atoms with Crippen LogP contribution in [-0.2, 0) is 0 Å². The van der Waals surface area contributed by atoms with E-state index in [1.807, 2.05) is 0 Å². The van der Waals surface area contributed by atoms with Gasteiger partial charge in [0, 0.05) is 28.3 Å². The van der Waals surface area contributed by atoms with Gasteiger partial charge in [0.15, 0.2) is 5.78 Å². The molecule has 0 bridgehead atoms. The average molecular weight is 388 g/mol. The highest BCUT2D eigenvalue weighted by Crippen LogP contribution is 2.65. The Balaban J connectivity index is 2.15. The second kappa shape index (κ2) is 6.52. The fraction of sp³-hybridized carbons (Fsp3) is 0.455. The molecule has 1 aliphatic carbocycles. The molecule has 2 unspecified atom stereocenters. The van der Waals surface area contributed by atoms with Gasteiger partial charge in [-0.25, -0.2) is 0 Å². The Morgan fingerprint density at radius 1 is 1.26 bits per heavy atom. The average Bonchev–Trinajstić information content (AvgIpc) is 3.27. The number of carbonyl (C=O) groups excluding carboxylic acids is 1. The van der Waals surface area contributed by atoms with E-state index in [9.17, 15) is 9.59 Å². The maximum Gasteiger partial charge on any atom is 0.251 e. The van der Waals surface area contributed by atoms with Gasteiger partial charge in [-0.1, -0.05) is 39.3 Å². The lowest BCUT2D eigenvalue weighted by molar-refractivity contribution is 0.101. The Kier molecular flexibility index (Phi) is 4.75. The van der Waals surface area contributed by atoms with Crippen LogP contribution >= 0.6 is 11.6 Å². The van der Waals surface area contributed by atoms with Crippen molar-refractivity contribution in [3.05, 3.63) is 51.4 Å². The molecule has 0 amide bonds. The first kappa shape index (κ1) is 19.7. The molecule has 3 rings (SSSR count). The molecule has 0 radical (unpaired) electrons. The first-order valence-corrected chi connectivity index (χ1v) is 9.48. The lowest BCUT2D eigenvalue weighted by atomic mass is 9.78. The summed E-state index contributed by atoms with van der Waals surface area (Å²) >= 11 is 6.15. The van der Waals surface area contributed by atoms with Crippen LogP contribution in [-0.4, -0.2) is 17.5 Å². The molecule has 2 atom stereocenters. The van der Waals surface area contributed by atoms with Gasteiger partial charge in [-0.2, -0.15) is 0 Å². The molecule has 4 nitrogen and oxygen atoms in total. The van der Waals surface area contributed by atoms with E-state index in [-0.39, 0.29) is 28.2 Å². The molecular weight excluding hydrogens is 362 g/mol. The Hall–Kier alpha value is -2.07. The van der Waals surface area contributed by atoms with Crippen molar-refractivity contribution in [2.24, 2.45) is 10.8 Å². The highest BCUT2D eigenvalue weighted by Gasteiger charge is 2.58. The molecule has 1 heterocycles. The Morgan fingerprint density at radius 3 is 2.44 bits per heavy atom. The number of ether oxygens (including phenoxy) is 1. The van der Waals surface area contributed by atoms with Gasteiger partial charge in [0.05, 0.1) is 13.3 Å². The van der Waals surface area contributed by atoms with Gasteiger partial charge in [0.25, 0.3) is 5.56 Å². The molecule has 1 aromatic heterocycles. The van der Waals surface area contributed by atoms with Gasteiger partial charge >= 0.3 is 0 Å². The molecule has 2 aromatic rings. The SMILES string of the molecule is COc1cn(C2CC2(C)C(C)(C)C)c(=O)cc1-c1cc(Cl)ccc1C(C)=O. The monoisotopic (exact) mass is 387 g/mol. The van der Waals surface area contributed by atoms with Gasteiger partial charge in [-0.3, -0.25) is 9.59 Å². The topological polar surface area (TPSA) is 48.3 Å². The zero-order valence-electron chi connectivity index (χ0n) is 16.7. The lowest BCUT2D eigenvalue weighted by Crippen LogP contribution is -2.26. The van der Waals surface area contributed by atoms with E-state index in [1.165, 1.54) is 6.92 Å². The molecule has 5 heteroatoms. The number of halogens is 1. The molecular formula is C22H26ClNO3. The Bertz CT molecular complexity index is 970. The van der Waals surface area contributed by atoms with Gasteiger partial charge in [-0.15, -0.1) is 0 Å². The van der Waals surface area contributed by atoms with Crippen molar-refractivity contribution in [2.45, 2.75) is 47.1 Å². The predicted molar refractivity (Wildman–Crippen MR) is 109 cm³/mol. The molecule has 1 aromatic carbocycles. The number of aromatic nitrogens is 1. The van der Waals surface area contributed by atoms with Crippen LogP contribution in [0.5, 0.6) is 5.75 Å². The number of hydrogen-bond donors (Lipinski definition) is 0. The van der Waals surface area contributed by atoms with Gasteiger partial charge < -0.3 is 9.30 Å². The summed E-state index contributed by atoms with van der Waals surface area (Å²) in [4.78, 5) is 25.0. The molecule has 0 saturated heterocycles. The zero-order chi connectivity index (χ0) is 20.1. The van der Waals surface area contributed by atoms with Gasteiger partial charge in [0.1, 0.15) is 5.75 Å². The summed E-state index contributed by atoms with van der Waals surface area (Å²) < 4.78 is 7.36. The maximum absolute atomic E-state index is 12.9. The predicted octanol–water partition coefficient (Wildman–Crippen LogP) is 5.38. The minimum absolute atomic E-state index is 0.0595. The maximum atomic E-state index is 12.9. The van der Waals surface area contributed by atoms with Crippen molar-refractivity contribution >= 4 is 17.4 Å². The van der Waals surface area contributed by atoms with Crippen molar-refractivity contribution < 1.29 is 9.53 Å². The van der Waals surface area contributed by atoms with Crippen LogP contribution in [0.25, 0.3) is 11.1 Å². The fourth-order valence-electron chi connectivity index (χ4n) is 3.75. The first-order chi connectivity index (χ1) is 12.5. The second-order valence-electron chi connectivity index (χ2n) is 8.63. The van der Waals surface area contributed by atoms with Crippen molar-refractivity contribution in [1.82, 2.24) is 4.57 Å². The summed E-state index contributed by atoms with van der Waals surface area (Å²) in [6.45, 7) is 10.3. The number of carbonyl (C=O) groups is 1. The molecule has 0 aliphatic heterocycles. The quantitative estimate of drug-likeness (QED) is 0.662. The molecule has 1 aliphatic rings. The Morgan fingerprint density at radius 2 is 1.93 bits per heavy atom. The van der Waals surface area contributed by atoms with Crippen molar-refractivity contribution in [1.29, 1.82) is 0 Å². The summed E-state index contributed by atoms with van der Waals surface area (Å²) in [6.07, 6.45) is 2.72. The number of hydrogen-bond acceptors (Lipinski definition) is 3. The summed E-state index contributed by atoms with van der Waals surface area (Å²) in [6, 6.07) is 6.76. The van der Waals surface area contributed by atoms with Crippen molar-refractivity contribution in [3.63, 3.8) is 0 Å². The number of benzene rings is 1. The van der Waals surface area contributed by atoms with E-state index >= 15 is 0 Å². The number of nitrogens with zero attached hydrogens (tertiary/aromatic N) is 1. The number of methoxy groups -OCH3 is 1. The molecule has 0 N–H and O–H groups in total. The summed E-state index contributed by atoms with van der Waals surface area (Å²) in [5, 5.41) is 0.503. The van der Waals surface area contributed by atoms with Crippen LogP contribution in [0.1, 0.15) is 57.4 Å². The summed E-state index contributed by atoms with van der Waals surface area (Å²) in [5.74, 6) is 0.470. The van der Waals surface area contributed by atoms with Crippen molar-refractivity contribution in [3.8, 4) is 16.9 Å².